The predicted molar refractivity (Wildman–Crippen MR) is 67.2 cm³/mol. The Morgan fingerprint density at radius 2 is 2.24 bits per heavy atom. The van der Waals surface area contributed by atoms with Gasteiger partial charge < -0.3 is 5.32 Å². The summed E-state index contributed by atoms with van der Waals surface area (Å²) in [5.41, 5.74) is 2.30. The molecule has 0 spiro atoms. The second kappa shape index (κ2) is 5.00. The zero-order chi connectivity index (χ0) is 12.3. The highest BCUT2D eigenvalue weighted by molar-refractivity contribution is 7.89. The van der Waals surface area contributed by atoms with E-state index in [4.69, 9.17) is 0 Å². The van der Waals surface area contributed by atoms with Crippen LogP contribution >= 0.6 is 0 Å². The van der Waals surface area contributed by atoms with E-state index in [1.54, 1.807) is 12.1 Å². The number of nitrogens with one attached hydrogen (secondary N) is 2. The normalized spacial score (nSPS) is 15.3. The molecule has 1 aromatic carbocycles. The molecular formula is C12H16N2O2S. The first-order chi connectivity index (χ1) is 8.13. The second-order valence-corrected chi connectivity index (χ2v) is 5.76. The first-order valence-corrected chi connectivity index (χ1v) is 7.05. The van der Waals surface area contributed by atoms with Crippen molar-refractivity contribution in [2.45, 2.75) is 17.9 Å². The van der Waals surface area contributed by atoms with E-state index in [1.165, 1.54) is 11.6 Å². The third-order valence-electron chi connectivity index (χ3n) is 2.79. The van der Waals surface area contributed by atoms with Gasteiger partial charge in [0.25, 0.3) is 0 Å². The highest BCUT2D eigenvalue weighted by Gasteiger charge is 2.16. The van der Waals surface area contributed by atoms with Crippen molar-refractivity contribution in [1.29, 1.82) is 0 Å². The van der Waals surface area contributed by atoms with Crippen LogP contribution in [0.25, 0.3) is 0 Å². The summed E-state index contributed by atoms with van der Waals surface area (Å²) in [5.74, 6) is 0. The molecule has 0 unspecified atom stereocenters. The summed E-state index contributed by atoms with van der Waals surface area (Å²) in [6.07, 6.45) is 2.48. The van der Waals surface area contributed by atoms with Gasteiger partial charge in [-0.1, -0.05) is 12.1 Å². The third kappa shape index (κ3) is 2.74. The Morgan fingerprint density at radius 1 is 1.41 bits per heavy atom. The predicted octanol–water partition coefficient (Wildman–Crippen LogP) is 0.797. The summed E-state index contributed by atoms with van der Waals surface area (Å²) in [7, 11) is -3.40. The molecule has 2 rings (SSSR count). The summed E-state index contributed by atoms with van der Waals surface area (Å²) in [6.45, 7) is 5.43. The van der Waals surface area contributed by atoms with Gasteiger partial charge >= 0.3 is 0 Å². The molecule has 0 amide bonds. The van der Waals surface area contributed by atoms with E-state index in [9.17, 15) is 8.42 Å². The van der Waals surface area contributed by atoms with Crippen LogP contribution in [0.2, 0.25) is 0 Å². The summed E-state index contributed by atoms with van der Waals surface area (Å²) in [6, 6.07) is 5.31. The van der Waals surface area contributed by atoms with Crippen LogP contribution in [0.1, 0.15) is 11.1 Å². The Hall–Kier alpha value is -1.17. The largest absolute Gasteiger partial charge is 0.312 e. The molecular weight excluding hydrogens is 236 g/mol. The Labute approximate surface area is 102 Å². The fourth-order valence-electron chi connectivity index (χ4n) is 1.88. The maximum atomic E-state index is 11.9. The number of fused-ring (bicyclic) bond motifs is 1. The van der Waals surface area contributed by atoms with Gasteiger partial charge in [0, 0.05) is 13.1 Å². The van der Waals surface area contributed by atoms with Gasteiger partial charge in [-0.15, -0.1) is 6.58 Å². The monoisotopic (exact) mass is 252 g/mol. The van der Waals surface area contributed by atoms with E-state index >= 15 is 0 Å². The van der Waals surface area contributed by atoms with Crippen molar-refractivity contribution < 1.29 is 8.42 Å². The van der Waals surface area contributed by atoms with Crippen LogP contribution in [0.3, 0.4) is 0 Å². The zero-order valence-corrected chi connectivity index (χ0v) is 10.4. The lowest BCUT2D eigenvalue weighted by atomic mass is 10.0. The van der Waals surface area contributed by atoms with Crippen LogP contribution in [0.15, 0.2) is 35.7 Å². The van der Waals surface area contributed by atoms with E-state index in [1.807, 2.05) is 6.07 Å². The number of sulfonamides is 1. The van der Waals surface area contributed by atoms with Crippen LogP contribution in [0.5, 0.6) is 0 Å². The number of benzene rings is 1. The van der Waals surface area contributed by atoms with Crippen molar-refractivity contribution in [2.24, 2.45) is 0 Å². The smallest absolute Gasteiger partial charge is 0.240 e. The van der Waals surface area contributed by atoms with Crippen LogP contribution < -0.4 is 10.0 Å². The summed E-state index contributed by atoms with van der Waals surface area (Å²) in [5, 5.41) is 3.23. The molecule has 0 aliphatic carbocycles. The molecule has 0 atom stereocenters. The average Bonchev–Trinajstić information content (AvgIpc) is 2.36. The van der Waals surface area contributed by atoms with Gasteiger partial charge in [-0.25, -0.2) is 13.1 Å². The maximum absolute atomic E-state index is 11.9. The Balaban J connectivity index is 2.30. The quantitative estimate of drug-likeness (QED) is 0.779. The van der Waals surface area contributed by atoms with E-state index < -0.39 is 10.0 Å². The highest BCUT2D eigenvalue weighted by Crippen LogP contribution is 2.18. The molecule has 0 radical (unpaired) electrons. The molecule has 1 heterocycles. The van der Waals surface area contributed by atoms with Gasteiger partial charge in [-0.3, -0.25) is 0 Å². The van der Waals surface area contributed by atoms with E-state index in [-0.39, 0.29) is 6.54 Å². The number of hydrogen-bond acceptors (Lipinski definition) is 3. The molecule has 17 heavy (non-hydrogen) atoms. The Bertz CT molecular complexity index is 523. The first kappa shape index (κ1) is 12.3. The fourth-order valence-corrected chi connectivity index (χ4v) is 2.92. The molecule has 4 nitrogen and oxygen atoms in total. The van der Waals surface area contributed by atoms with Gasteiger partial charge in [0.05, 0.1) is 4.90 Å². The van der Waals surface area contributed by atoms with E-state index in [2.05, 4.69) is 16.6 Å². The number of rotatable bonds is 4. The average molecular weight is 252 g/mol. The minimum Gasteiger partial charge on any atom is -0.312 e. The summed E-state index contributed by atoms with van der Waals surface area (Å²) in [4.78, 5) is 0.321. The van der Waals surface area contributed by atoms with Crippen molar-refractivity contribution in [1.82, 2.24) is 10.0 Å². The Morgan fingerprint density at radius 3 is 3.00 bits per heavy atom. The van der Waals surface area contributed by atoms with Crippen molar-refractivity contribution in [2.75, 3.05) is 13.1 Å². The van der Waals surface area contributed by atoms with Crippen LogP contribution in [-0.4, -0.2) is 21.5 Å². The standard InChI is InChI=1S/C12H16N2O2S/c1-2-6-14-17(15,16)12-4-3-10-5-7-13-9-11(10)8-12/h2-4,8,13-14H,1,5-7,9H2. The first-order valence-electron chi connectivity index (χ1n) is 5.56. The van der Waals surface area contributed by atoms with Crippen molar-refractivity contribution in [3.8, 4) is 0 Å². The SMILES string of the molecule is C=CCNS(=O)(=O)c1ccc2c(c1)CNCC2. The Kier molecular flexibility index (Phi) is 3.61. The van der Waals surface area contributed by atoms with Gasteiger partial charge in [-0.05, 0) is 36.2 Å². The minimum absolute atomic E-state index is 0.248. The maximum Gasteiger partial charge on any atom is 0.240 e. The van der Waals surface area contributed by atoms with Crippen molar-refractivity contribution in [3.05, 3.63) is 42.0 Å². The third-order valence-corrected chi connectivity index (χ3v) is 4.21. The van der Waals surface area contributed by atoms with Crippen LogP contribution in [-0.2, 0) is 23.0 Å². The molecule has 1 aliphatic heterocycles. The van der Waals surface area contributed by atoms with Gasteiger partial charge in [0.1, 0.15) is 0 Å². The van der Waals surface area contributed by atoms with Crippen LogP contribution in [0.4, 0.5) is 0 Å². The molecule has 0 saturated carbocycles. The lowest BCUT2D eigenvalue weighted by Crippen LogP contribution is -2.26. The fraction of sp³-hybridized carbons (Fsp3) is 0.333. The lowest BCUT2D eigenvalue weighted by molar-refractivity contribution is 0.584. The molecule has 92 valence electrons. The molecule has 1 aliphatic rings. The van der Waals surface area contributed by atoms with Gasteiger partial charge in [0.2, 0.25) is 10.0 Å². The molecule has 2 N–H and O–H groups in total. The van der Waals surface area contributed by atoms with Crippen molar-refractivity contribution in [3.63, 3.8) is 0 Å². The molecule has 0 saturated heterocycles. The summed E-state index contributed by atoms with van der Waals surface area (Å²) < 4.78 is 26.3. The lowest BCUT2D eigenvalue weighted by Gasteiger charge is -2.17. The van der Waals surface area contributed by atoms with Gasteiger partial charge in [-0.2, -0.15) is 0 Å². The minimum atomic E-state index is -3.40. The molecule has 1 aromatic rings. The topological polar surface area (TPSA) is 58.2 Å². The van der Waals surface area contributed by atoms with Crippen molar-refractivity contribution >= 4 is 10.0 Å². The van der Waals surface area contributed by atoms with E-state index in [0.717, 1.165) is 25.1 Å². The molecule has 0 fully saturated rings. The van der Waals surface area contributed by atoms with Crippen LogP contribution in [0, 0.1) is 0 Å². The number of hydrogen-bond donors (Lipinski definition) is 2. The molecule has 0 aromatic heterocycles. The second-order valence-electron chi connectivity index (χ2n) is 4.00. The molecule has 5 heteroatoms. The summed E-state index contributed by atoms with van der Waals surface area (Å²) >= 11 is 0. The van der Waals surface area contributed by atoms with Gasteiger partial charge in [0.15, 0.2) is 0 Å². The zero-order valence-electron chi connectivity index (χ0n) is 9.57. The van der Waals surface area contributed by atoms with E-state index in [0.29, 0.717) is 4.90 Å². The molecule has 0 bridgehead atoms. The highest BCUT2D eigenvalue weighted by atomic mass is 32.2.